The number of aryl methyl sites for hydroxylation is 1. The Balaban J connectivity index is 2.11. The smallest absolute Gasteiger partial charge is 0.269 e. The summed E-state index contributed by atoms with van der Waals surface area (Å²) in [7, 11) is 0. The van der Waals surface area contributed by atoms with Crippen LogP contribution in [0.15, 0.2) is 47.4 Å². The molecule has 0 atom stereocenters. The lowest BCUT2D eigenvalue weighted by Gasteiger charge is -2.06. The molecular formula is C17H11Cl2N3O3. The van der Waals surface area contributed by atoms with E-state index in [-0.39, 0.29) is 21.3 Å². The molecule has 0 aliphatic heterocycles. The fourth-order valence-electron chi connectivity index (χ4n) is 2.36. The molecule has 0 unspecified atom stereocenters. The third-order valence-corrected chi connectivity index (χ3v) is 4.21. The van der Waals surface area contributed by atoms with Gasteiger partial charge in [-0.2, -0.15) is 0 Å². The number of fused-ring (bicyclic) bond motifs is 1. The van der Waals surface area contributed by atoms with Gasteiger partial charge in [0.25, 0.3) is 11.2 Å². The molecule has 0 N–H and O–H groups in total. The SMILES string of the molecule is Cc1cccn2c(=O)cc(/C(Cl)=C/c3ccc(Cl)c([N+](=O)[O-])c3)nc12. The van der Waals surface area contributed by atoms with Crippen LogP contribution in [0.3, 0.4) is 0 Å². The predicted molar refractivity (Wildman–Crippen MR) is 98.0 cm³/mol. The van der Waals surface area contributed by atoms with Gasteiger partial charge in [0.05, 0.1) is 15.6 Å². The average Bonchev–Trinajstić information content (AvgIpc) is 2.57. The van der Waals surface area contributed by atoms with Crippen LogP contribution in [0.4, 0.5) is 5.69 Å². The lowest BCUT2D eigenvalue weighted by Crippen LogP contribution is -2.15. The summed E-state index contributed by atoms with van der Waals surface area (Å²) >= 11 is 12.1. The Morgan fingerprint density at radius 1 is 1.32 bits per heavy atom. The van der Waals surface area contributed by atoms with Crippen LogP contribution in [0.5, 0.6) is 0 Å². The first-order valence-corrected chi connectivity index (χ1v) is 7.93. The minimum absolute atomic E-state index is 0.0379. The molecule has 0 amide bonds. The molecule has 0 bridgehead atoms. The highest BCUT2D eigenvalue weighted by atomic mass is 35.5. The number of pyridine rings is 1. The molecule has 0 aliphatic rings. The first kappa shape index (κ1) is 17.1. The Kier molecular flexibility index (Phi) is 4.57. The quantitative estimate of drug-likeness (QED) is 0.504. The second-order valence-electron chi connectivity index (χ2n) is 5.32. The standard InChI is InChI=1S/C17H11Cl2N3O3/c1-10-3-2-6-21-16(23)9-14(20-17(10)21)13(19)7-11-4-5-12(18)15(8-11)22(24)25/h2-9H,1H3/b13-7-. The molecule has 1 aromatic carbocycles. The van der Waals surface area contributed by atoms with E-state index in [0.717, 1.165) is 5.56 Å². The van der Waals surface area contributed by atoms with E-state index < -0.39 is 4.92 Å². The minimum atomic E-state index is -0.572. The number of nitro groups is 1. The number of nitro benzene ring substituents is 1. The molecule has 0 aliphatic carbocycles. The molecule has 0 saturated heterocycles. The maximum absolute atomic E-state index is 12.2. The highest BCUT2D eigenvalue weighted by Gasteiger charge is 2.13. The predicted octanol–water partition coefficient (Wildman–Crippen LogP) is 4.30. The van der Waals surface area contributed by atoms with Gasteiger partial charge < -0.3 is 0 Å². The van der Waals surface area contributed by atoms with Crippen molar-refractivity contribution in [1.29, 1.82) is 0 Å². The number of aromatic nitrogens is 2. The van der Waals surface area contributed by atoms with E-state index in [0.29, 0.717) is 16.9 Å². The van der Waals surface area contributed by atoms with Gasteiger partial charge in [0.2, 0.25) is 0 Å². The van der Waals surface area contributed by atoms with E-state index in [9.17, 15) is 14.9 Å². The van der Waals surface area contributed by atoms with Gasteiger partial charge in [-0.25, -0.2) is 4.98 Å². The van der Waals surface area contributed by atoms with Crippen molar-refractivity contribution in [1.82, 2.24) is 9.38 Å². The lowest BCUT2D eigenvalue weighted by atomic mass is 10.1. The van der Waals surface area contributed by atoms with Crippen LogP contribution < -0.4 is 5.56 Å². The second kappa shape index (κ2) is 6.66. The normalized spacial score (nSPS) is 11.7. The second-order valence-corrected chi connectivity index (χ2v) is 6.14. The van der Waals surface area contributed by atoms with Crippen LogP contribution in [-0.4, -0.2) is 14.3 Å². The fourth-order valence-corrected chi connectivity index (χ4v) is 2.77. The van der Waals surface area contributed by atoms with Crippen LogP contribution in [0.25, 0.3) is 16.8 Å². The number of benzene rings is 1. The summed E-state index contributed by atoms with van der Waals surface area (Å²) in [4.78, 5) is 27.0. The molecular weight excluding hydrogens is 365 g/mol. The topological polar surface area (TPSA) is 77.5 Å². The summed E-state index contributed by atoms with van der Waals surface area (Å²) < 4.78 is 1.43. The van der Waals surface area contributed by atoms with Gasteiger partial charge >= 0.3 is 0 Å². The van der Waals surface area contributed by atoms with Crippen molar-refractivity contribution in [2.24, 2.45) is 0 Å². The van der Waals surface area contributed by atoms with Crippen molar-refractivity contribution < 1.29 is 4.92 Å². The van der Waals surface area contributed by atoms with Crippen LogP contribution in [0.2, 0.25) is 5.02 Å². The number of nitrogens with zero attached hydrogens (tertiary/aromatic N) is 3. The van der Waals surface area contributed by atoms with Gasteiger partial charge in [-0.1, -0.05) is 35.3 Å². The van der Waals surface area contributed by atoms with Gasteiger partial charge in [-0.3, -0.25) is 19.3 Å². The first-order chi connectivity index (χ1) is 11.9. The summed E-state index contributed by atoms with van der Waals surface area (Å²) in [6.45, 7) is 1.84. The van der Waals surface area contributed by atoms with E-state index in [4.69, 9.17) is 23.2 Å². The number of rotatable bonds is 3. The maximum atomic E-state index is 12.2. The number of hydrogen-bond acceptors (Lipinski definition) is 4. The van der Waals surface area contributed by atoms with Gasteiger partial charge in [0, 0.05) is 18.3 Å². The summed E-state index contributed by atoms with van der Waals surface area (Å²) in [5, 5.41) is 11.2. The van der Waals surface area contributed by atoms with Crippen molar-refractivity contribution in [3.05, 3.63) is 84.9 Å². The molecule has 25 heavy (non-hydrogen) atoms. The van der Waals surface area contributed by atoms with Gasteiger partial charge in [-0.15, -0.1) is 0 Å². The highest BCUT2D eigenvalue weighted by Crippen LogP contribution is 2.28. The molecule has 8 heteroatoms. The van der Waals surface area contributed by atoms with Gasteiger partial charge in [-0.05, 0) is 36.3 Å². The number of hydrogen-bond donors (Lipinski definition) is 0. The summed E-state index contributed by atoms with van der Waals surface area (Å²) in [6, 6.07) is 9.24. The average molecular weight is 376 g/mol. The Hall–Kier alpha value is -2.70. The van der Waals surface area contributed by atoms with Crippen LogP contribution >= 0.6 is 23.2 Å². The van der Waals surface area contributed by atoms with E-state index in [1.165, 1.54) is 28.7 Å². The largest absolute Gasteiger partial charge is 0.288 e. The lowest BCUT2D eigenvalue weighted by molar-refractivity contribution is -0.384. The summed E-state index contributed by atoms with van der Waals surface area (Å²) in [6.07, 6.45) is 3.13. The van der Waals surface area contributed by atoms with Crippen molar-refractivity contribution >= 4 is 45.6 Å². The summed E-state index contributed by atoms with van der Waals surface area (Å²) in [5.41, 5.74) is 1.61. The fraction of sp³-hybridized carbons (Fsp3) is 0.0588. The van der Waals surface area contributed by atoms with E-state index in [2.05, 4.69) is 4.98 Å². The highest BCUT2D eigenvalue weighted by molar-refractivity contribution is 6.51. The Morgan fingerprint density at radius 3 is 2.80 bits per heavy atom. The first-order valence-electron chi connectivity index (χ1n) is 7.17. The van der Waals surface area contributed by atoms with Crippen LogP contribution in [0, 0.1) is 17.0 Å². The molecule has 0 radical (unpaired) electrons. The van der Waals surface area contributed by atoms with Crippen LogP contribution in [0.1, 0.15) is 16.8 Å². The zero-order valence-electron chi connectivity index (χ0n) is 12.9. The zero-order chi connectivity index (χ0) is 18.1. The zero-order valence-corrected chi connectivity index (χ0v) is 14.5. The third-order valence-electron chi connectivity index (χ3n) is 3.59. The third kappa shape index (κ3) is 3.40. The molecule has 0 fully saturated rings. The molecule has 3 rings (SSSR count). The molecule has 0 saturated carbocycles. The number of halogens is 2. The molecule has 6 nitrogen and oxygen atoms in total. The van der Waals surface area contributed by atoms with E-state index in [1.807, 2.05) is 13.0 Å². The van der Waals surface area contributed by atoms with Crippen molar-refractivity contribution in [3.63, 3.8) is 0 Å². The molecule has 126 valence electrons. The Bertz CT molecular complexity index is 1090. The maximum Gasteiger partial charge on any atom is 0.288 e. The van der Waals surface area contributed by atoms with Gasteiger partial charge in [0.1, 0.15) is 10.7 Å². The molecule has 2 heterocycles. The van der Waals surface area contributed by atoms with Crippen molar-refractivity contribution in [3.8, 4) is 0 Å². The van der Waals surface area contributed by atoms with Gasteiger partial charge in [0.15, 0.2) is 0 Å². The van der Waals surface area contributed by atoms with Crippen LogP contribution in [-0.2, 0) is 0 Å². The molecule has 3 aromatic rings. The van der Waals surface area contributed by atoms with E-state index >= 15 is 0 Å². The molecule has 2 aromatic heterocycles. The summed E-state index contributed by atoms with van der Waals surface area (Å²) in [5.74, 6) is 0. The Labute approximate surface area is 152 Å². The van der Waals surface area contributed by atoms with E-state index in [1.54, 1.807) is 18.3 Å². The van der Waals surface area contributed by atoms with Crippen molar-refractivity contribution in [2.45, 2.75) is 6.92 Å². The monoisotopic (exact) mass is 375 g/mol. The van der Waals surface area contributed by atoms with Crippen molar-refractivity contribution in [2.75, 3.05) is 0 Å². The molecule has 0 spiro atoms. The Morgan fingerprint density at radius 2 is 2.08 bits per heavy atom. The minimum Gasteiger partial charge on any atom is -0.269 e.